The summed E-state index contributed by atoms with van der Waals surface area (Å²) in [6.07, 6.45) is 5.99. The van der Waals surface area contributed by atoms with Crippen molar-refractivity contribution in [2.45, 2.75) is 25.3 Å². The van der Waals surface area contributed by atoms with Crippen LogP contribution < -0.4 is 5.32 Å². The molecule has 0 bridgehead atoms. The largest absolute Gasteiger partial charge is 0.349 e. The number of hydrogen-bond acceptors (Lipinski definition) is 3. The first-order chi connectivity index (χ1) is 9.49. The van der Waals surface area contributed by atoms with E-state index >= 15 is 0 Å². The molecule has 0 spiro atoms. The Balaban J connectivity index is 2.26. The number of allylic oxidation sites excluding steroid dienone is 1. The van der Waals surface area contributed by atoms with Crippen molar-refractivity contribution in [3.05, 3.63) is 51.6 Å². The van der Waals surface area contributed by atoms with Crippen LogP contribution in [0.15, 0.2) is 24.3 Å². The summed E-state index contributed by atoms with van der Waals surface area (Å²) in [7, 11) is 0. The van der Waals surface area contributed by atoms with Crippen LogP contribution in [0.5, 0.6) is 0 Å². The minimum absolute atomic E-state index is 0.153. The summed E-state index contributed by atoms with van der Waals surface area (Å²) in [5.41, 5.74) is -1.21. The highest BCUT2D eigenvalue weighted by atomic mass is 19.2. The maximum absolute atomic E-state index is 13.2. The van der Waals surface area contributed by atoms with Gasteiger partial charge in [-0.25, -0.2) is 8.78 Å². The van der Waals surface area contributed by atoms with Crippen LogP contribution in [0.1, 0.15) is 29.6 Å². The third kappa shape index (κ3) is 2.98. The second-order valence-corrected chi connectivity index (χ2v) is 4.50. The van der Waals surface area contributed by atoms with Gasteiger partial charge in [0.2, 0.25) is 0 Å². The lowest BCUT2D eigenvalue weighted by Gasteiger charge is -2.19. The van der Waals surface area contributed by atoms with Crippen LogP contribution in [0.25, 0.3) is 0 Å². The van der Waals surface area contributed by atoms with Gasteiger partial charge in [-0.1, -0.05) is 12.2 Å². The molecule has 0 unspecified atom stereocenters. The van der Waals surface area contributed by atoms with E-state index in [0.29, 0.717) is 25.0 Å². The summed E-state index contributed by atoms with van der Waals surface area (Å²) < 4.78 is 26.2. The van der Waals surface area contributed by atoms with Crippen LogP contribution in [0.4, 0.5) is 14.5 Å². The zero-order valence-corrected chi connectivity index (χ0v) is 10.4. The van der Waals surface area contributed by atoms with Crippen LogP contribution >= 0.6 is 0 Å². The molecule has 1 aliphatic carbocycles. The Hall–Kier alpha value is -2.31. The molecule has 1 N–H and O–H groups in total. The van der Waals surface area contributed by atoms with Gasteiger partial charge in [-0.05, 0) is 25.3 Å². The van der Waals surface area contributed by atoms with Gasteiger partial charge < -0.3 is 5.32 Å². The van der Waals surface area contributed by atoms with Gasteiger partial charge in [0.1, 0.15) is 5.56 Å². The van der Waals surface area contributed by atoms with E-state index in [0.717, 1.165) is 6.42 Å². The zero-order chi connectivity index (χ0) is 14.7. The Morgan fingerprint density at radius 3 is 2.60 bits per heavy atom. The van der Waals surface area contributed by atoms with E-state index in [-0.39, 0.29) is 6.04 Å². The molecule has 7 heteroatoms. The van der Waals surface area contributed by atoms with Gasteiger partial charge in [-0.2, -0.15) is 0 Å². The Morgan fingerprint density at radius 2 is 2.00 bits per heavy atom. The van der Waals surface area contributed by atoms with Crippen molar-refractivity contribution in [3.63, 3.8) is 0 Å². The zero-order valence-electron chi connectivity index (χ0n) is 10.4. The fourth-order valence-corrected chi connectivity index (χ4v) is 2.06. The molecule has 1 aliphatic rings. The van der Waals surface area contributed by atoms with E-state index in [9.17, 15) is 23.7 Å². The summed E-state index contributed by atoms with van der Waals surface area (Å²) in [6.45, 7) is 0. The van der Waals surface area contributed by atoms with E-state index in [1.165, 1.54) is 0 Å². The van der Waals surface area contributed by atoms with Gasteiger partial charge in [0.15, 0.2) is 11.6 Å². The molecule has 20 heavy (non-hydrogen) atoms. The highest BCUT2D eigenvalue weighted by Gasteiger charge is 2.25. The molecule has 0 fully saturated rings. The van der Waals surface area contributed by atoms with Crippen molar-refractivity contribution in [3.8, 4) is 0 Å². The lowest BCUT2D eigenvalue weighted by Crippen LogP contribution is -2.35. The van der Waals surface area contributed by atoms with E-state index in [4.69, 9.17) is 0 Å². The third-order valence-corrected chi connectivity index (χ3v) is 3.08. The van der Waals surface area contributed by atoms with Crippen LogP contribution in [0.3, 0.4) is 0 Å². The average Bonchev–Trinajstić information content (AvgIpc) is 2.42. The number of rotatable bonds is 3. The van der Waals surface area contributed by atoms with E-state index in [1.807, 2.05) is 12.2 Å². The number of nitrogens with one attached hydrogen (secondary N) is 1. The van der Waals surface area contributed by atoms with Gasteiger partial charge in [0.05, 0.1) is 11.0 Å². The van der Waals surface area contributed by atoms with E-state index in [2.05, 4.69) is 5.32 Å². The van der Waals surface area contributed by atoms with Gasteiger partial charge in [-0.15, -0.1) is 0 Å². The molecule has 0 radical (unpaired) electrons. The molecule has 0 saturated heterocycles. The van der Waals surface area contributed by atoms with Crippen molar-refractivity contribution >= 4 is 11.6 Å². The number of carbonyl (C=O) groups excluding carboxylic acids is 1. The molecule has 0 aromatic heterocycles. The summed E-state index contributed by atoms with van der Waals surface area (Å²) in [6, 6.07) is 0.826. The number of nitro benzene ring substituents is 1. The quantitative estimate of drug-likeness (QED) is 0.526. The molecule has 5 nitrogen and oxygen atoms in total. The molecule has 0 aliphatic heterocycles. The standard InChI is InChI=1S/C13H12F2N2O3/c14-10-6-9(12(17(19)20)7-11(10)15)13(18)16-8-4-2-1-3-5-8/h1-2,6-8H,3-5H2,(H,16,18)/t8-/m1/s1. The van der Waals surface area contributed by atoms with Crippen LogP contribution in [-0.2, 0) is 0 Å². The van der Waals surface area contributed by atoms with Crippen LogP contribution in [0.2, 0.25) is 0 Å². The number of carbonyl (C=O) groups is 1. The van der Waals surface area contributed by atoms with Crippen LogP contribution in [0, 0.1) is 21.7 Å². The van der Waals surface area contributed by atoms with Gasteiger partial charge in [0, 0.05) is 6.04 Å². The summed E-state index contributed by atoms with van der Waals surface area (Å²) in [5.74, 6) is -3.41. The highest BCUT2D eigenvalue weighted by molar-refractivity contribution is 5.98. The third-order valence-electron chi connectivity index (χ3n) is 3.08. The molecular formula is C13H12F2N2O3. The predicted octanol–water partition coefficient (Wildman–Crippen LogP) is 2.71. The van der Waals surface area contributed by atoms with Crippen molar-refractivity contribution in [1.82, 2.24) is 5.32 Å². The number of hydrogen-bond donors (Lipinski definition) is 1. The normalized spacial score (nSPS) is 17.8. The summed E-state index contributed by atoms with van der Waals surface area (Å²) >= 11 is 0. The molecule has 0 heterocycles. The minimum Gasteiger partial charge on any atom is -0.349 e. The first kappa shape index (κ1) is 14.1. The number of benzene rings is 1. The van der Waals surface area contributed by atoms with Crippen molar-refractivity contribution < 1.29 is 18.5 Å². The second-order valence-electron chi connectivity index (χ2n) is 4.50. The Kier molecular flexibility index (Phi) is 4.07. The molecule has 2 rings (SSSR count). The smallest absolute Gasteiger partial charge is 0.285 e. The average molecular weight is 282 g/mol. The Bertz CT molecular complexity index is 587. The minimum atomic E-state index is -1.35. The molecule has 1 aromatic carbocycles. The molecule has 106 valence electrons. The molecule has 1 atom stereocenters. The summed E-state index contributed by atoms with van der Waals surface area (Å²) in [5, 5.41) is 13.4. The molecule has 1 aromatic rings. The Morgan fingerprint density at radius 1 is 1.30 bits per heavy atom. The first-order valence-corrected chi connectivity index (χ1v) is 6.08. The lowest BCUT2D eigenvalue weighted by molar-refractivity contribution is -0.385. The van der Waals surface area contributed by atoms with Crippen molar-refractivity contribution in [1.29, 1.82) is 0 Å². The Labute approximate surface area is 113 Å². The lowest BCUT2D eigenvalue weighted by atomic mass is 10.0. The molecule has 1 amide bonds. The molecule has 0 saturated carbocycles. The SMILES string of the molecule is O=C(N[C@@H]1CC=CCC1)c1cc(F)c(F)cc1[N+](=O)[O-]. The van der Waals surface area contributed by atoms with Crippen LogP contribution in [-0.4, -0.2) is 16.9 Å². The number of halogens is 2. The molecular weight excluding hydrogens is 270 g/mol. The fourth-order valence-electron chi connectivity index (χ4n) is 2.06. The fraction of sp³-hybridized carbons (Fsp3) is 0.308. The van der Waals surface area contributed by atoms with E-state index < -0.39 is 33.7 Å². The number of nitrogens with zero attached hydrogens (tertiary/aromatic N) is 1. The first-order valence-electron chi connectivity index (χ1n) is 6.08. The number of amides is 1. The maximum atomic E-state index is 13.2. The predicted molar refractivity (Wildman–Crippen MR) is 67.3 cm³/mol. The van der Waals surface area contributed by atoms with Gasteiger partial charge >= 0.3 is 0 Å². The topological polar surface area (TPSA) is 72.2 Å². The maximum Gasteiger partial charge on any atom is 0.285 e. The van der Waals surface area contributed by atoms with Crippen molar-refractivity contribution in [2.24, 2.45) is 0 Å². The van der Waals surface area contributed by atoms with Crippen molar-refractivity contribution in [2.75, 3.05) is 0 Å². The van der Waals surface area contributed by atoms with Gasteiger partial charge in [-0.3, -0.25) is 14.9 Å². The van der Waals surface area contributed by atoms with Gasteiger partial charge in [0.25, 0.3) is 11.6 Å². The highest BCUT2D eigenvalue weighted by Crippen LogP contribution is 2.23. The second kappa shape index (κ2) is 5.77. The number of nitro groups is 1. The summed E-state index contributed by atoms with van der Waals surface area (Å²) in [4.78, 5) is 21.9. The monoisotopic (exact) mass is 282 g/mol. The van der Waals surface area contributed by atoms with E-state index in [1.54, 1.807) is 0 Å².